The molecule has 0 spiro atoms. The average Bonchev–Trinajstić information content (AvgIpc) is 3.13. The van der Waals surface area contributed by atoms with Gasteiger partial charge in [0.2, 0.25) is 5.91 Å². The standard InChI is InChI=1S/C21H26ClN3O6/c1-14(2)24(21(27)16-6-8-18(22)19(11-16)25(28)29)13-20(26)23(9-10-30-4)12-17-7-5-15(3)31-17/h5-8,11,14H,9-10,12-13H2,1-4H3. The van der Waals surface area contributed by atoms with Crippen LogP contribution in [0.15, 0.2) is 34.7 Å². The van der Waals surface area contributed by atoms with Gasteiger partial charge in [0.25, 0.3) is 11.6 Å². The van der Waals surface area contributed by atoms with E-state index in [-0.39, 0.29) is 41.3 Å². The van der Waals surface area contributed by atoms with Crippen LogP contribution in [-0.4, -0.2) is 59.4 Å². The van der Waals surface area contributed by atoms with E-state index in [0.29, 0.717) is 18.9 Å². The Labute approximate surface area is 185 Å². The molecule has 0 aliphatic rings. The number of nitro groups is 1. The molecule has 1 aromatic carbocycles. The number of carbonyl (C=O) groups excluding carboxylic acids is 2. The maximum atomic E-state index is 13.1. The molecule has 0 fully saturated rings. The SMILES string of the molecule is COCCN(Cc1ccc(C)o1)C(=O)CN(C(=O)c1ccc(Cl)c([N+](=O)[O-])c1)C(C)C. The number of amides is 2. The zero-order valence-electron chi connectivity index (χ0n) is 18.0. The predicted molar refractivity (Wildman–Crippen MR) is 115 cm³/mol. The number of aryl methyl sites for hydroxylation is 1. The number of hydrogen-bond acceptors (Lipinski definition) is 6. The maximum Gasteiger partial charge on any atom is 0.288 e. The quantitative estimate of drug-likeness (QED) is 0.403. The fraction of sp³-hybridized carbons (Fsp3) is 0.429. The third kappa shape index (κ3) is 6.53. The smallest absolute Gasteiger partial charge is 0.288 e. The zero-order chi connectivity index (χ0) is 23.1. The van der Waals surface area contributed by atoms with E-state index in [4.69, 9.17) is 20.8 Å². The molecule has 31 heavy (non-hydrogen) atoms. The molecule has 10 heteroatoms. The number of hydrogen-bond donors (Lipinski definition) is 0. The van der Waals surface area contributed by atoms with Crippen LogP contribution in [0.4, 0.5) is 5.69 Å². The predicted octanol–water partition coefficient (Wildman–Crippen LogP) is 3.68. The Morgan fingerprint density at radius 3 is 2.52 bits per heavy atom. The molecular weight excluding hydrogens is 426 g/mol. The number of halogens is 1. The van der Waals surface area contributed by atoms with E-state index >= 15 is 0 Å². The molecule has 0 unspecified atom stereocenters. The number of nitrogens with zero attached hydrogens (tertiary/aromatic N) is 3. The molecule has 0 aliphatic heterocycles. The third-order valence-corrected chi connectivity index (χ3v) is 4.96. The monoisotopic (exact) mass is 451 g/mol. The first-order valence-electron chi connectivity index (χ1n) is 9.71. The molecule has 168 valence electrons. The summed E-state index contributed by atoms with van der Waals surface area (Å²) < 4.78 is 10.7. The van der Waals surface area contributed by atoms with Crippen LogP contribution in [0.1, 0.15) is 35.7 Å². The van der Waals surface area contributed by atoms with Gasteiger partial charge in [0.15, 0.2) is 0 Å². The van der Waals surface area contributed by atoms with Gasteiger partial charge in [0.1, 0.15) is 23.1 Å². The van der Waals surface area contributed by atoms with Gasteiger partial charge in [-0.3, -0.25) is 19.7 Å². The van der Waals surface area contributed by atoms with Gasteiger partial charge in [0, 0.05) is 31.3 Å². The van der Waals surface area contributed by atoms with Crippen LogP contribution in [0, 0.1) is 17.0 Å². The normalized spacial score (nSPS) is 10.9. The average molecular weight is 452 g/mol. The van der Waals surface area contributed by atoms with Crippen molar-refractivity contribution in [2.24, 2.45) is 0 Å². The number of ether oxygens (including phenoxy) is 1. The topological polar surface area (TPSA) is 106 Å². The van der Waals surface area contributed by atoms with Crippen LogP contribution in [-0.2, 0) is 16.1 Å². The summed E-state index contributed by atoms with van der Waals surface area (Å²) in [4.78, 5) is 39.5. The minimum absolute atomic E-state index is 0.0618. The molecule has 0 aliphatic carbocycles. The van der Waals surface area contributed by atoms with E-state index in [2.05, 4.69) is 0 Å². The molecule has 2 aromatic rings. The summed E-state index contributed by atoms with van der Waals surface area (Å²) in [6, 6.07) is 7.12. The highest BCUT2D eigenvalue weighted by Crippen LogP contribution is 2.26. The summed E-state index contributed by atoms with van der Waals surface area (Å²) in [6.07, 6.45) is 0. The number of nitro benzene ring substituents is 1. The van der Waals surface area contributed by atoms with Crippen LogP contribution in [0.3, 0.4) is 0 Å². The molecule has 0 atom stereocenters. The maximum absolute atomic E-state index is 13.1. The van der Waals surface area contributed by atoms with Crippen LogP contribution >= 0.6 is 11.6 Å². The summed E-state index contributed by atoms with van der Waals surface area (Å²) in [5.41, 5.74) is -0.278. The van der Waals surface area contributed by atoms with Crippen molar-refractivity contribution in [3.8, 4) is 0 Å². The van der Waals surface area contributed by atoms with Gasteiger partial charge in [-0.25, -0.2) is 0 Å². The Morgan fingerprint density at radius 2 is 1.97 bits per heavy atom. The third-order valence-electron chi connectivity index (χ3n) is 4.64. The van der Waals surface area contributed by atoms with Gasteiger partial charge < -0.3 is 19.0 Å². The number of rotatable bonds is 10. The molecule has 0 saturated carbocycles. The van der Waals surface area contributed by atoms with E-state index < -0.39 is 10.8 Å². The minimum atomic E-state index is -0.651. The van der Waals surface area contributed by atoms with Gasteiger partial charge in [-0.2, -0.15) is 0 Å². The Kier molecular flexibility index (Phi) is 8.58. The van der Waals surface area contributed by atoms with Gasteiger partial charge in [-0.15, -0.1) is 0 Å². The van der Waals surface area contributed by atoms with Crippen molar-refractivity contribution in [1.29, 1.82) is 0 Å². The minimum Gasteiger partial charge on any atom is -0.464 e. The molecule has 0 bridgehead atoms. The number of benzene rings is 1. The first-order valence-corrected chi connectivity index (χ1v) is 10.1. The first-order chi connectivity index (χ1) is 14.6. The highest BCUT2D eigenvalue weighted by atomic mass is 35.5. The number of carbonyl (C=O) groups is 2. The van der Waals surface area contributed by atoms with Crippen LogP contribution in [0.2, 0.25) is 5.02 Å². The summed E-state index contributed by atoms with van der Waals surface area (Å²) >= 11 is 5.84. The molecule has 0 N–H and O–H groups in total. The Hall–Kier alpha value is -2.91. The summed E-state index contributed by atoms with van der Waals surface area (Å²) in [7, 11) is 1.54. The van der Waals surface area contributed by atoms with Crippen molar-refractivity contribution in [2.45, 2.75) is 33.4 Å². The van der Waals surface area contributed by atoms with Gasteiger partial charge >= 0.3 is 0 Å². The van der Waals surface area contributed by atoms with Crippen molar-refractivity contribution in [3.05, 3.63) is 62.6 Å². The summed E-state index contributed by atoms with van der Waals surface area (Å²) in [6.45, 7) is 6.04. The van der Waals surface area contributed by atoms with Crippen molar-refractivity contribution in [2.75, 3.05) is 26.8 Å². The second kappa shape index (κ2) is 10.9. The summed E-state index contributed by atoms with van der Waals surface area (Å²) in [5, 5.41) is 11.1. The van der Waals surface area contributed by atoms with Crippen LogP contribution in [0.25, 0.3) is 0 Å². The second-order valence-electron chi connectivity index (χ2n) is 7.27. The molecule has 2 rings (SSSR count). The highest BCUT2D eigenvalue weighted by Gasteiger charge is 2.26. The number of methoxy groups -OCH3 is 1. The molecular formula is C21H26ClN3O6. The van der Waals surface area contributed by atoms with Crippen molar-refractivity contribution in [3.63, 3.8) is 0 Å². The van der Waals surface area contributed by atoms with Crippen molar-refractivity contribution >= 4 is 29.1 Å². The van der Waals surface area contributed by atoms with Crippen LogP contribution < -0.4 is 0 Å². The van der Waals surface area contributed by atoms with E-state index in [9.17, 15) is 19.7 Å². The van der Waals surface area contributed by atoms with Crippen molar-refractivity contribution < 1.29 is 23.7 Å². The molecule has 1 aromatic heterocycles. The van der Waals surface area contributed by atoms with Gasteiger partial charge in [-0.05, 0) is 45.0 Å². The largest absolute Gasteiger partial charge is 0.464 e. The van der Waals surface area contributed by atoms with E-state index in [1.54, 1.807) is 24.8 Å². The lowest BCUT2D eigenvalue weighted by molar-refractivity contribution is -0.384. The lowest BCUT2D eigenvalue weighted by Crippen LogP contribution is -2.46. The second-order valence-corrected chi connectivity index (χ2v) is 7.68. The molecule has 0 radical (unpaired) electrons. The van der Waals surface area contributed by atoms with Crippen LogP contribution in [0.5, 0.6) is 0 Å². The molecule has 2 amide bonds. The molecule has 0 saturated heterocycles. The number of furan rings is 1. The van der Waals surface area contributed by atoms with Gasteiger partial charge in [-0.1, -0.05) is 11.6 Å². The summed E-state index contributed by atoms with van der Waals surface area (Å²) in [5.74, 6) is 0.565. The fourth-order valence-electron chi connectivity index (χ4n) is 2.94. The lowest BCUT2D eigenvalue weighted by Gasteiger charge is -2.29. The zero-order valence-corrected chi connectivity index (χ0v) is 18.7. The van der Waals surface area contributed by atoms with E-state index in [0.717, 1.165) is 11.8 Å². The lowest BCUT2D eigenvalue weighted by atomic mass is 10.1. The Bertz CT molecular complexity index is 943. The first kappa shape index (κ1) is 24.4. The molecule has 1 heterocycles. The van der Waals surface area contributed by atoms with E-state index in [1.165, 1.54) is 24.1 Å². The van der Waals surface area contributed by atoms with Crippen molar-refractivity contribution in [1.82, 2.24) is 9.80 Å². The Balaban J connectivity index is 2.22. The fourth-order valence-corrected chi connectivity index (χ4v) is 3.12. The highest BCUT2D eigenvalue weighted by molar-refractivity contribution is 6.32. The Morgan fingerprint density at radius 1 is 1.26 bits per heavy atom. The van der Waals surface area contributed by atoms with Gasteiger partial charge in [0.05, 0.1) is 18.1 Å². The van der Waals surface area contributed by atoms with E-state index in [1.807, 2.05) is 13.0 Å². The molecule has 9 nitrogen and oxygen atoms in total.